The maximum Gasteiger partial charge on any atom is 0.352 e. The Balaban J connectivity index is 1.61. The van der Waals surface area contributed by atoms with Crippen LogP contribution in [0.2, 0.25) is 0 Å². The first-order chi connectivity index (χ1) is 16.7. The predicted octanol–water partition coefficient (Wildman–Crippen LogP) is 1.51. The molecule has 3 heterocycles. The van der Waals surface area contributed by atoms with Crippen LogP contribution in [-0.2, 0) is 21.0 Å². The number of pyridine rings is 1. The molecule has 1 fully saturated rings. The topological polar surface area (TPSA) is 152 Å². The second-order valence-corrected chi connectivity index (χ2v) is 9.32. The Morgan fingerprint density at radius 3 is 2.69 bits per heavy atom. The van der Waals surface area contributed by atoms with Crippen LogP contribution in [0.4, 0.5) is 0 Å². The molecule has 0 radical (unpaired) electrons. The number of aliphatic carboxylic acids is 1. The summed E-state index contributed by atoms with van der Waals surface area (Å²) in [4.78, 5) is 47.4. The number of aliphatic hydroxyl groups is 1. The lowest BCUT2D eigenvalue weighted by Crippen LogP contribution is -2.70. The minimum absolute atomic E-state index is 0.0399. The number of hydrogen-bond donors (Lipinski definition) is 4. The lowest BCUT2D eigenvalue weighted by molar-refractivity contribution is -0.150. The van der Waals surface area contributed by atoms with E-state index in [9.17, 15) is 29.7 Å². The van der Waals surface area contributed by atoms with E-state index in [-0.39, 0.29) is 23.6 Å². The first kappa shape index (κ1) is 24.4. The van der Waals surface area contributed by atoms with E-state index >= 15 is 0 Å². The molecule has 1 saturated heterocycles. The number of rotatable bonds is 7. The van der Waals surface area contributed by atoms with Gasteiger partial charge in [-0.3, -0.25) is 24.5 Å². The summed E-state index contributed by atoms with van der Waals surface area (Å²) >= 11 is 1.39. The minimum Gasteiger partial charge on any atom is -0.505 e. The first-order valence-corrected chi connectivity index (χ1v) is 11.8. The first-order valence-electron chi connectivity index (χ1n) is 10.8. The second-order valence-electron chi connectivity index (χ2n) is 8.21. The number of amides is 2. The van der Waals surface area contributed by atoms with Gasteiger partial charge in [0.25, 0.3) is 5.91 Å². The Bertz CT molecular complexity index is 1250. The Kier molecular flexibility index (Phi) is 6.90. The zero-order valence-corrected chi connectivity index (χ0v) is 19.8. The highest BCUT2D eigenvalue weighted by molar-refractivity contribution is 8.00. The van der Waals surface area contributed by atoms with Crippen LogP contribution in [-0.4, -0.2) is 66.4 Å². The normalized spacial score (nSPS) is 20.4. The van der Waals surface area contributed by atoms with Crippen molar-refractivity contribution in [2.75, 3.05) is 5.75 Å². The van der Waals surface area contributed by atoms with Gasteiger partial charge in [-0.25, -0.2) is 4.79 Å². The zero-order valence-electron chi connectivity index (χ0n) is 19.0. The van der Waals surface area contributed by atoms with Crippen molar-refractivity contribution in [3.8, 4) is 5.75 Å². The van der Waals surface area contributed by atoms with Gasteiger partial charge in [0.2, 0.25) is 5.91 Å². The Morgan fingerprint density at radius 1 is 1.31 bits per heavy atom. The molecule has 4 N–H and O–H groups in total. The van der Waals surface area contributed by atoms with Crippen molar-refractivity contribution in [2.45, 2.75) is 37.9 Å². The smallest absolute Gasteiger partial charge is 0.352 e. The van der Waals surface area contributed by atoms with Gasteiger partial charge in [0.15, 0.2) is 6.04 Å². The maximum atomic E-state index is 13.3. The number of aromatic hydroxyl groups is 1. The van der Waals surface area contributed by atoms with Crippen molar-refractivity contribution in [3.05, 3.63) is 70.2 Å². The monoisotopic (exact) mass is 496 g/mol. The molecule has 0 saturated carbocycles. The molecule has 1 aromatic heterocycles. The third-order valence-corrected chi connectivity index (χ3v) is 7.33. The van der Waals surface area contributed by atoms with Crippen molar-refractivity contribution in [1.82, 2.24) is 15.2 Å². The van der Waals surface area contributed by atoms with E-state index in [1.165, 1.54) is 29.1 Å². The molecule has 1 aromatic carbocycles. The number of thioether (sulfide) groups is 1. The summed E-state index contributed by atoms with van der Waals surface area (Å²) in [6.07, 6.45) is 2.73. The van der Waals surface area contributed by atoms with Gasteiger partial charge in [0.1, 0.15) is 22.9 Å². The van der Waals surface area contributed by atoms with Crippen LogP contribution in [0.1, 0.15) is 35.3 Å². The molecule has 182 valence electrons. The van der Waals surface area contributed by atoms with Gasteiger partial charge in [-0.1, -0.05) is 30.3 Å². The van der Waals surface area contributed by atoms with E-state index in [4.69, 9.17) is 0 Å². The molecule has 10 nitrogen and oxygen atoms in total. The average Bonchev–Trinajstić information content (AvgIpc) is 2.85. The Labute approximate surface area is 205 Å². The third kappa shape index (κ3) is 4.52. The third-order valence-electron chi connectivity index (χ3n) is 5.90. The van der Waals surface area contributed by atoms with Crippen molar-refractivity contribution >= 4 is 35.8 Å². The highest BCUT2D eigenvalue weighted by Crippen LogP contribution is 2.40. The van der Waals surface area contributed by atoms with E-state index in [1.54, 1.807) is 44.2 Å². The number of β-lactam (4-membered cyclic amide) rings is 1. The number of aliphatic hydroxyl groups excluding tert-OH is 1. The Hall–Kier alpha value is -3.70. The van der Waals surface area contributed by atoms with Crippen molar-refractivity contribution < 1.29 is 29.7 Å². The Morgan fingerprint density at radius 2 is 2.03 bits per heavy atom. The summed E-state index contributed by atoms with van der Waals surface area (Å²) in [5.74, 6) is -1.94. The summed E-state index contributed by atoms with van der Waals surface area (Å²) in [6.45, 7) is 2.89. The zero-order chi connectivity index (χ0) is 25.3. The lowest BCUT2D eigenvalue weighted by Gasteiger charge is -2.49. The van der Waals surface area contributed by atoms with Crippen LogP contribution in [0.5, 0.6) is 5.75 Å². The maximum absolute atomic E-state index is 13.3. The number of aromatic nitrogens is 1. The number of carboxylic acid groups (broad SMARTS) is 1. The van der Waals surface area contributed by atoms with E-state index in [0.717, 1.165) is 0 Å². The molecule has 3 atom stereocenters. The van der Waals surface area contributed by atoms with Gasteiger partial charge >= 0.3 is 5.97 Å². The molecule has 4 rings (SSSR count). The molecule has 0 spiro atoms. The number of carboxylic acids is 1. The number of nitrogens with zero attached hydrogens (tertiary/aromatic N) is 3. The molecule has 35 heavy (non-hydrogen) atoms. The van der Waals surface area contributed by atoms with E-state index in [0.29, 0.717) is 28.1 Å². The number of carbonyl (C=O) groups excluding carboxylic acids is 2. The van der Waals surface area contributed by atoms with Gasteiger partial charge in [-0.2, -0.15) is 0 Å². The minimum atomic E-state index is -1.18. The number of nitrogens with one attached hydrogen (secondary N) is 1. The number of hydrogen-bond acceptors (Lipinski definition) is 8. The van der Waals surface area contributed by atoms with Crippen LogP contribution < -0.4 is 5.32 Å². The number of aliphatic imine (C=N–C) groups is 1. The fourth-order valence-corrected chi connectivity index (χ4v) is 5.31. The lowest BCUT2D eigenvalue weighted by atomic mass is 10.0. The van der Waals surface area contributed by atoms with E-state index in [1.807, 2.05) is 0 Å². The van der Waals surface area contributed by atoms with E-state index in [2.05, 4.69) is 15.3 Å². The van der Waals surface area contributed by atoms with Crippen LogP contribution in [0.25, 0.3) is 0 Å². The average molecular weight is 497 g/mol. The predicted molar refractivity (Wildman–Crippen MR) is 129 cm³/mol. The number of aryl methyl sites for hydroxylation is 1. The number of fused-ring (bicyclic) bond motifs is 1. The largest absolute Gasteiger partial charge is 0.505 e. The molecule has 0 bridgehead atoms. The molecular formula is C24H24N4O6S. The van der Waals surface area contributed by atoms with Gasteiger partial charge in [0.05, 0.1) is 12.3 Å². The van der Waals surface area contributed by atoms with Crippen LogP contribution >= 0.6 is 11.8 Å². The fourth-order valence-electron chi connectivity index (χ4n) is 4.02. The highest BCUT2D eigenvalue weighted by Gasteiger charge is 2.54. The highest BCUT2D eigenvalue weighted by atomic mass is 32.2. The quantitative estimate of drug-likeness (QED) is 0.332. The van der Waals surface area contributed by atoms with Crippen LogP contribution in [0, 0.1) is 6.92 Å². The van der Waals surface area contributed by atoms with Crippen molar-refractivity contribution in [3.63, 3.8) is 0 Å². The van der Waals surface area contributed by atoms with E-state index < -0.39 is 35.2 Å². The molecule has 0 unspecified atom stereocenters. The van der Waals surface area contributed by atoms with Crippen LogP contribution in [0.15, 0.2) is 52.8 Å². The summed E-state index contributed by atoms with van der Waals surface area (Å²) in [6, 6.07) is 6.77. The second kappa shape index (κ2) is 9.88. The summed E-state index contributed by atoms with van der Waals surface area (Å²) in [5.41, 5.74) is 2.04. The molecule has 2 amide bonds. The standard InChI is InChI=1S/C24H24N4O6S/c1-12-11-35-23-18(22(32)28(23)19(12)24(33)34)27-21(31)17(14-6-4-3-5-7-14)26-9-16-15(10-29)8-25-13(2)20(16)30/h3-9,17-18,23,29-30H,10-11H2,1-2H3,(H,27,31)(H,33,34)/t17-,18-,23-/m1/s1. The fraction of sp³-hybridized carbons (Fsp3) is 0.292. The summed E-state index contributed by atoms with van der Waals surface area (Å²) in [7, 11) is 0. The van der Waals surface area contributed by atoms with Crippen LogP contribution in [0.3, 0.4) is 0 Å². The molecule has 11 heteroatoms. The number of benzene rings is 1. The van der Waals surface area contributed by atoms with Crippen molar-refractivity contribution in [1.29, 1.82) is 0 Å². The molecule has 2 aliphatic rings. The van der Waals surface area contributed by atoms with Crippen molar-refractivity contribution in [2.24, 2.45) is 4.99 Å². The molecular weight excluding hydrogens is 472 g/mol. The summed E-state index contributed by atoms with van der Waals surface area (Å²) in [5, 5.41) is 31.7. The number of carbonyl (C=O) groups is 3. The molecule has 2 aliphatic heterocycles. The molecule has 0 aliphatic carbocycles. The molecule has 2 aromatic rings. The van der Waals surface area contributed by atoms with Gasteiger partial charge in [0, 0.05) is 29.3 Å². The van der Waals surface area contributed by atoms with Gasteiger partial charge < -0.3 is 20.6 Å². The SMILES string of the molecule is CC1=C(C(=O)O)N2C(=O)[C@@H](NC(=O)[C@H](N=Cc3c(CO)cnc(C)c3O)c3ccccc3)[C@H]2SC1. The van der Waals surface area contributed by atoms with Gasteiger partial charge in [-0.05, 0) is 25.0 Å². The van der Waals surface area contributed by atoms with Gasteiger partial charge in [-0.15, -0.1) is 11.8 Å². The summed E-state index contributed by atoms with van der Waals surface area (Å²) < 4.78 is 0.